The van der Waals surface area contributed by atoms with E-state index in [1.807, 2.05) is 17.5 Å². The van der Waals surface area contributed by atoms with Crippen molar-refractivity contribution in [3.8, 4) is 0 Å². The van der Waals surface area contributed by atoms with Crippen LogP contribution < -0.4 is 16.0 Å². The fourth-order valence-electron chi connectivity index (χ4n) is 2.95. The van der Waals surface area contributed by atoms with Crippen LogP contribution in [0.3, 0.4) is 0 Å². The molecule has 1 unspecified atom stereocenters. The highest BCUT2D eigenvalue weighted by atomic mass is 32.1. The average Bonchev–Trinajstić information content (AvgIpc) is 2.82. The van der Waals surface area contributed by atoms with Crippen molar-refractivity contribution in [2.45, 2.75) is 18.8 Å². The van der Waals surface area contributed by atoms with E-state index in [4.69, 9.17) is 0 Å². The van der Waals surface area contributed by atoms with E-state index in [9.17, 15) is 0 Å². The summed E-state index contributed by atoms with van der Waals surface area (Å²) in [6.45, 7) is 3.08. The number of aromatic nitrogens is 1. The van der Waals surface area contributed by atoms with Crippen molar-refractivity contribution in [1.82, 2.24) is 10.3 Å². The summed E-state index contributed by atoms with van der Waals surface area (Å²) in [6, 6.07) is 2.07. The SMILES string of the molecule is c1cc2c3c(c(C4CCCNC4)sc3n1)NCN2. The Kier molecular flexibility index (Phi) is 2.41. The number of hydrogen-bond donors (Lipinski definition) is 3. The van der Waals surface area contributed by atoms with Crippen LogP contribution in [0.15, 0.2) is 12.3 Å². The lowest BCUT2D eigenvalue weighted by Crippen LogP contribution is -2.28. The van der Waals surface area contributed by atoms with Gasteiger partial charge in [0.2, 0.25) is 0 Å². The molecule has 1 fully saturated rings. The maximum atomic E-state index is 4.52. The normalized spacial score (nSPS) is 22.6. The Hall–Kier alpha value is -1.33. The van der Waals surface area contributed by atoms with Gasteiger partial charge in [-0.05, 0) is 25.5 Å². The first-order valence-corrected chi connectivity index (χ1v) is 7.35. The maximum absolute atomic E-state index is 4.52. The quantitative estimate of drug-likeness (QED) is 0.737. The summed E-state index contributed by atoms with van der Waals surface area (Å²) in [5.74, 6) is 0.645. The number of nitrogens with one attached hydrogen (secondary N) is 3. The molecule has 4 rings (SSSR count). The molecule has 4 heterocycles. The smallest absolute Gasteiger partial charge is 0.127 e. The Balaban J connectivity index is 1.88. The van der Waals surface area contributed by atoms with Gasteiger partial charge >= 0.3 is 0 Å². The molecule has 1 atom stereocenters. The zero-order valence-electron chi connectivity index (χ0n) is 10.1. The monoisotopic (exact) mass is 260 g/mol. The second-order valence-corrected chi connectivity index (χ2v) is 5.98. The van der Waals surface area contributed by atoms with Gasteiger partial charge < -0.3 is 16.0 Å². The summed E-state index contributed by atoms with van der Waals surface area (Å²) in [5, 5.41) is 11.7. The van der Waals surface area contributed by atoms with E-state index in [-0.39, 0.29) is 0 Å². The van der Waals surface area contributed by atoms with Gasteiger partial charge in [0.25, 0.3) is 0 Å². The molecular weight excluding hydrogens is 244 g/mol. The van der Waals surface area contributed by atoms with Crippen LogP contribution in [0.5, 0.6) is 0 Å². The molecule has 0 amide bonds. The third-order valence-corrected chi connectivity index (χ3v) is 5.09. The van der Waals surface area contributed by atoms with Crippen LogP contribution in [-0.2, 0) is 0 Å². The standard InChI is InChI=1S/C13H16N4S/c1-2-8(6-14-4-1)12-11-10-9(16-7-17-11)3-5-15-13(10)18-12/h3,5,8,14,16-17H,1-2,4,6-7H2. The first kappa shape index (κ1) is 10.6. The van der Waals surface area contributed by atoms with E-state index in [2.05, 4.69) is 27.0 Å². The molecule has 1 saturated heterocycles. The summed E-state index contributed by atoms with van der Waals surface area (Å²) in [6.07, 6.45) is 4.47. The summed E-state index contributed by atoms with van der Waals surface area (Å²) in [7, 11) is 0. The number of piperidine rings is 1. The van der Waals surface area contributed by atoms with E-state index >= 15 is 0 Å². The van der Waals surface area contributed by atoms with Crippen molar-refractivity contribution in [1.29, 1.82) is 0 Å². The van der Waals surface area contributed by atoms with Gasteiger partial charge in [0.05, 0.1) is 17.7 Å². The van der Waals surface area contributed by atoms with E-state index in [0.717, 1.165) is 24.6 Å². The molecule has 0 spiro atoms. The summed E-state index contributed by atoms with van der Waals surface area (Å²) < 4.78 is 0. The third-order valence-electron chi connectivity index (χ3n) is 3.83. The number of thiophene rings is 1. The zero-order chi connectivity index (χ0) is 11.9. The molecule has 0 bridgehead atoms. The molecule has 5 heteroatoms. The van der Waals surface area contributed by atoms with Crippen LogP contribution in [0.2, 0.25) is 0 Å². The van der Waals surface area contributed by atoms with Crippen molar-refractivity contribution in [2.75, 3.05) is 30.4 Å². The minimum absolute atomic E-state index is 0.645. The minimum Gasteiger partial charge on any atom is -0.367 e. The topological polar surface area (TPSA) is 49.0 Å². The summed E-state index contributed by atoms with van der Waals surface area (Å²) in [4.78, 5) is 7.16. The van der Waals surface area contributed by atoms with Gasteiger partial charge in [-0.1, -0.05) is 0 Å². The molecule has 0 saturated carbocycles. The highest BCUT2D eigenvalue weighted by Gasteiger charge is 2.25. The van der Waals surface area contributed by atoms with E-state index in [1.54, 1.807) is 0 Å². The maximum Gasteiger partial charge on any atom is 0.127 e. The lowest BCUT2D eigenvalue weighted by Gasteiger charge is -2.24. The van der Waals surface area contributed by atoms with Crippen LogP contribution in [-0.4, -0.2) is 24.7 Å². The molecule has 0 aromatic carbocycles. The Bertz CT molecular complexity index is 586. The number of anilines is 2. The highest BCUT2D eigenvalue weighted by molar-refractivity contribution is 7.19. The fraction of sp³-hybridized carbons (Fsp3) is 0.462. The van der Waals surface area contributed by atoms with E-state index in [1.165, 1.54) is 34.5 Å². The number of rotatable bonds is 1. The largest absolute Gasteiger partial charge is 0.367 e. The van der Waals surface area contributed by atoms with Gasteiger partial charge in [0.1, 0.15) is 4.83 Å². The van der Waals surface area contributed by atoms with Crippen molar-refractivity contribution >= 4 is 32.9 Å². The molecule has 0 radical (unpaired) electrons. The molecule has 2 aromatic heterocycles. The van der Waals surface area contributed by atoms with Crippen LogP contribution in [0.4, 0.5) is 11.4 Å². The van der Waals surface area contributed by atoms with Crippen molar-refractivity contribution in [3.05, 3.63) is 17.1 Å². The van der Waals surface area contributed by atoms with Gasteiger partial charge in [-0.25, -0.2) is 4.98 Å². The molecule has 3 N–H and O–H groups in total. The summed E-state index contributed by atoms with van der Waals surface area (Å²) in [5.41, 5.74) is 2.55. The van der Waals surface area contributed by atoms with Crippen molar-refractivity contribution < 1.29 is 0 Å². The van der Waals surface area contributed by atoms with Crippen LogP contribution in [0.25, 0.3) is 10.2 Å². The number of pyridine rings is 1. The van der Waals surface area contributed by atoms with Crippen molar-refractivity contribution in [3.63, 3.8) is 0 Å². The average molecular weight is 260 g/mol. The van der Waals surface area contributed by atoms with Crippen LogP contribution in [0.1, 0.15) is 23.6 Å². The molecule has 18 heavy (non-hydrogen) atoms. The molecular formula is C13H16N4S. The van der Waals surface area contributed by atoms with Crippen LogP contribution in [0, 0.1) is 0 Å². The highest BCUT2D eigenvalue weighted by Crippen LogP contribution is 2.45. The van der Waals surface area contributed by atoms with Crippen LogP contribution >= 0.6 is 11.3 Å². The Labute approximate surface area is 110 Å². The molecule has 94 valence electrons. The molecule has 4 nitrogen and oxygen atoms in total. The van der Waals surface area contributed by atoms with Gasteiger partial charge in [0.15, 0.2) is 0 Å². The zero-order valence-corrected chi connectivity index (χ0v) is 10.9. The molecule has 0 aliphatic carbocycles. The predicted molar refractivity (Wildman–Crippen MR) is 76.6 cm³/mol. The minimum atomic E-state index is 0.645. The second-order valence-electron chi connectivity index (χ2n) is 4.95. The Morgan fingerprint density at radius 2 is 2.33 bits per heavy atom. The predicted octanol–water partition coefficient (Wildman–Crippen LogP) is 2.56. The second kappa shape index (κ2) is 4.10. The Morgan fingerprint density at radius 3 is 3.22 bits per heavy atom. The molecule has 2 aliphatic heterocycles. The lowest BCUT2D eigenvalue weighted by molar-refractivity contribution is 0.467. The van der Waals surface area contributed by atoms with Gasteiger partial charge in [-0.3, -0.25) is 0 Å². The van der Waals surface area contributed by atoms with Gasteiger partial charge in [-0.15, -0.1) is 11.3 Å². The first-order valence-electron chi connectivity index (χ1n) is 6.53. The van der Waals surface area contributed by atoms with Gasteiger partial charge in [0, 0.05) is 29.2 Å². The molecule has 2 aromatic rings. The first-order chi connectivity index (χ1) is 8.93. The van der Waals surface area contributed by atoms with Crippen molar-refractivity contribution in [2.24, 2.45) is 0 Å². The Morgan fingerprint density at radius 1 is 1.33 bits per heavy atom. The molecule has 2 aliphatic rings. The van der Waals surface area contributed by atoms with E-state index in [0.29, 0.717) is 5.92 Å². The fourth-order valence-corrected chi connectivity index (χ4v) is 4.23. The number of nitrogens with zero attached hydrogens (tertiary/aromatic N) is 1. The summed E-state index contributed by atoms with van der Waals surface area (Å²) >= 11 is 1.86. The van der Waals surface area contributed by atoms with Gasteiger partial charge in [-0.2, -0.15) is 0 Å². The lowest BCUT2D eigenvalue weighted by atomic mass is 9.96. The van der Waals surface area contributed by atoms with E-state index < -0.39 is 0 Å². The third kappa shape index (κ3) is 1.51. The number of hydrogen-bond acceptors (Lipinski definition) is 5.